The van der Waals surface area contributed by atoms with Gasteiger partial charge in [0.05, 0.1) is 22.0 Å². The van der Waals surface area contributed by atoms with Crippen LogP contribution in [-0.4, -0.2) is 72.8 Å². The lowest BCUT2D eigenvalue weighted by molar-refractivity contribution is -0.137. The zero-order chi connectivity index (χ0) is 35.2. The molecule has 1 N–H and O–H groups in total. The molecule has 2 aliphatic heterocycles. The highest BCUT2D eigenvalue weighted by atomic mass is 35.5. The third kappa shape index (κ3) is 7.00. The van der Waals surface area contributed by atoms with E-state index < -0.39 is 34.9 Å². The molecule has 0 radical (unpaired) electrons. The zero-order valence-corrected chi connectivity index (χ0v) is 28.1. The molecule has 1 saturated heterocycles. The molecule has 0 spiro atoms. The molecule has 4 aromatic rings. The number of anilines is 3. The lowest BCUT2D eigenvalue weighted by Crippen LogP contribution is -2.51. The number of rotatable bonds is 6. The summed E-state index contributed by atoms with van der Waals surface area (Å²) in [6.45, 7) is 9.06. The fourth-order valence-corrected chi connectivity index (χ4v) is 6.21. The number of carbonyl (C=O) groups excluding carboxylic acids is 2. The van der Waals surface area contributed by atoms with Gasteiger partial charge in [0, 0.05) is 51.7 Å². The average molecular weight is 702 g/mol. The van der Waals surface area contributed by atoms with Gasteiger partial charge >= 0.3 is 12.3 Å². The highest BCUT2D eigenvalue weighted by Gasteiger charge is 2.33. The van der Waals surface area contributed by atoms with Crippen LogP contribution in [0.4, 0.5) is 35.3 Å². The summed E-state index contributed by atoms with van der Waals surface area (Å²) in [5, 5.41) is 6.91. The third-order valence-corrected chi connectivity index (χ3v) is 8.59. The van der Waals surface area contributed by atoms with E-state index in [0.29, 0.717) is 57.1 Å². The van der Waals surface area contributed by atoms with Crippen LogP contribution in [0.2, 0.25) is 5.02 Å². The van der Waals surface area contributed by atoms with Crippen LogP contribution >= 0.6 is 11.6 Å². The molecule has 260 valence electrons. The second-order valence-corrected chi connectivity index (χ2v) is 13.3. The highest BCUT2D eigenvalue weighted by molar-refractivity contribution is 6.33. The topological polar surface area (TPSA) is 130 Å². The molecule has 1 aromatic carbocycles. The van der Waals surface area contributed by atoms with Gasteiger partial charge in [-0.15, -0.1) is 5.10 Å². The van der Waals surface area contributed by atoms with Crippen LogP contribution in [0.3, 0.4) is 0 Å². The summed E-state index contributed by atoms with van der Waals surface area (Å²) in [4.78, 5) is 54.7. The molecule has 49 heavy (non-hydrogen) atoms. The van der Waals surface area contributed by atoms with Crippen LogP contribution in [0, 0.1) is 0 Å². The van der Waals surface area contributed by atoms with Crippen molar-refractivity contribution in [2.75, 3.05) is 41.3 Å². The van der Waals surface area contributed by atoms with E-state index in [2.05, 4.69) is 15.4 Å². The maximum Gasteiger partial charge on any atom is 0.416 e. The molecule has 6 rings (SSSR count). The number of pyridine rings is 1. The number of aromatic nitrogens is 5. The van der Waals surface area contributed by atoms with Gasteiger partial charge in [-0.05, 0) is 62.6 Å². The van der Waals surface area contributed by atoms with Crippen molar-refractivity contribution in [3.63, 3.8) is 0 Å². The summed E-state index contributed by atoms with van der Waals surface area (Å²) in [5.74, 6) is -0.204. The second-order valence-electron chi connectivity index (χ2n) is 12.9. The van der Waals surface area contributed by atoms with Gasteiger partial charge in [-0.25, -0.2) is 4.79 Å². The molecule has 0 atom stereocenters. The smallest absolute Gasteiger partial charge is 0.416 e. The lowest BCUT2D eigenvalue weighted by Gasteiger charge is -2.37. The predicted molar refractivity (Wildman–Crippen MR) is 176 cm³/mol. The molecule has 0 aliphatic carbocycles. The Hall–Kier alpha value is -4.86. The van der Waals surface area contributed by atoms with E-state index >= 15 is 0 Å². The summed E-state index contributed by atoms with van der Waals surface area (Å²) < 4.78 is 47.9. The Morgan fingerprint density at radius 1 is 1.02 bits per heavy atom. The van der Waals surface area contributed by atoms with Gasteiger partial charge in [0.2, 0.25) is 17.6 Å². The number of fused-ring (bicyclic) bond motifs is 2. The minimum atomic E-state index is -4.60. The van der Waals surface area contributed by atoms with E-state index in [1.165, 1.54) is 4.52 Å². The van der Waals surface area contributed by atoms with E-state index in [4.69, 9.17) is 21.3 Å². The first-order valence-corrected chi connectivity index (χ1v) is 16.1. The SMILES string of the molecule is CCc1c(N2CCN(C(=O)OC(C)(C)C)CC2)c(=O)n2nc(N3Cc4ccncc4C3)nc2n1CC(=O)Nc1ccc(C(F)(F)F)cc1Cl. The summed E-state index contributed by atoms with van der Waals surface area (Å²) in [7, 11) is 0. The summed E-state index contributed by atoms with van der Waals surface area (Å²) >= 11 is 6.12. The predicted octanol–water partition coefficient (Wildman–Crippen LogP) is 4.74. The molecular formula is C32H35ClF3N9O4. The number of amides is 2. The Bertz CT molecular complexity index is 1960. The van der Waals surface area contributed by atoms with Crippen LogP contribution < -0.4 is 20.7 Å². The molecule has 13 nitrogen and oxygen atoms in total. The molecule has 5 heterocycles. The highest BCUT2D eigenvalue weighted by Crippen LogP contribution is 2.34. The number of nitrogens with zero attached hydrogens (tertiary/aromatic N) is 8. The average Bonchev–Trinajstić information content (AvgIpc) is 3.67. The van der Waals surface area contributed by atoms with Crippen LogP contribution in [0.1, 0.15) is 50.1 Å². The maximum absolute atomic E-state index is 14.2. The van der Waals surface area contributed by atoms with E-state index in [-0.39, 0.29) is 29.0 Å². The molecule has 0 saturated carbocycles. The second kappa shape index (κ2) is 12.9. The fourth-order valence-electron chi connectivity index (χ4n) is 5.98. The van der Waals surface area contributed by atoms with Crippen molar-refractivity contribution in [2.24, 2.45) is 0 Å². The van der Waals surface area contributed by atoms with E-state index in [1.54, 1.807) is 42.6 Å². The van der Waals surface area contributed by atoms with Gasteiger partial charge in [0.25, 0.3) is 5.56 Å². The largest absolute Gasteiger partial charge is 0.444 e. The van der Waals surface area contributed by atoms with Gasteiger partial charge in [-0.2, -0.15) is 22.7 Å². The van der Waals surface area contributed by atoms with E-state index in [0.717, 1.165) is 29.3 Å². The summed E-state index contributed by atoms with van der Waals surface area (Å²) in [6.07, 6.45) is -1.25. The van der Waals surface area contributed by atoms with Gasteiger partial charge < -0.3 is 29.3 Å². The van der Waals surface area contributed by atoms with Crippen molar-refractivity contribution >= 4 is 46.7 Å². The molecule has 0 unspecified atom stereocenters. The first kappa shape index (κ1) is 34.0. The van der Waals surface area contributed by atoms with Crippen molar-refractivity contribution in [1.29, 1.82) is 0 Å². The summed E-state index contributed by atoms with van der Waals surface area (Å²) in [5.41, 5.74) is 0.825. The number of carbonyl (C=O) groups is 2. The molecule has 3 aromatic heterocycles. The normalized spacial score (nSPS) is 15.1. The van der Waals surface area contributed by atoms with Gasteiger partial charge in [-0.3, -0.25) is 14.6 Å². The number of halogens is 4. The number of ether oxygens (including phenoxy) is 1. The zero-order valence-electron chi connectivity index (χ0n) is 27.3. The number of piperazine rings is 1. The summed E-state index contributed by atoms with van der Waals surface area (Å²) in [6, 6.07) is 4.58. The van der Waals surface area contributed by atoms with Gasteiger partial charge in [-0.1, -0.05) is 18.5 Å². The van der Waals surface area contributed by atoms with Crippen molar-refractivity contribution < 1.29 is 27.5 Å². The minimum absolute atomic E-state index is 0.00105. The number of benzene rings is 1. The molecule has 2 aliphatic rings. The Labute approximate surface area is 284 Å². The first-order chi connectivity index (χ1) is 23.1. The van der Waals surface area contributed by atoms with Crippen molar-refractivity contribution in [3.05, 3.63) is 74.4 Å². The van der Waals surface area contributed by atoms with E-state index in [1.807, 2.05) is 22.8 Å². The third-order valence-electron chi connectivity index (χ3n) is 8.28. The van der Waals surface area contributed by atoms with Crippen LogP contribution in [0.25, 0.3) is 5.78 Å². The number of nitrogens with one attached hydrogen (secondary N) is 1. The maximum atomic E-state index is 14.2. The Balaban J connectivity index is 1.36. The standard InChI is InChI=1S/C32H35ClF3N9O4/c1-5-24-26(41-10-12-42(13-11-41)30(48)49-31(2,3)4)27(47)45-29(39-28(40-45)43-16-19-8-9-37-15-20(19)17-43)44(24)18-25(46)38-23-7-6-21(14-22(23)33)32(34,35)36/h6-9,14-15H,5,10-13,16-18H2,1-4H3,(H,38,46). The van der Waals surface area contributed by atoms with Crippen LogP contribution in [0.5, 0.6) is 0 Å². The van der Waals surface area contributed by atoms with Crippen LogP contribution in [0.15, 0.2) is 41.5 Å². The van der Waals surface area contributed by atoms with Gasteiger partial charge in [0.15, 0.2) is 0 Å². The fraction of sp³-hybridized carbons (Fsp3) is 0.438. The van der Waals surface area contributed by atoms with Crippen molar-refractivity contribution in [3.8, 4) is 0 Å². The molecule has 2 amide bonds. The first-order valence-electron chi connectivity index (χ1n) is 15.7. The van der Waals surface area contributed by atoms with Crippen molar-refractivity contribution in [2.45, 2.75) is 65.5 Å². The Morgan fingerprint density at radius 3 is 2.37 bits per heavy atom. The quantitative estimate of drug-likeness (QED) is 0.303. The van der Waals surface area contributed by atoms with E-state index in [9.17, 15) is 27.6 Å². The Kier molecular flexibility index (Phi) is 8.94. The molecule has 17 heteroatoms. The van der Waals surface area contributed by atoms with Crippen LogP contribution in [-0.2, 0) is 41.8 Å². The molecule has 0 bridgehead atoms. The van der Waals surface area contributed by atoms with Crippen molar-refractivity contribution in [1.82, 2.24) is 29.0 Å². The minimum Gasteiger partial charge on any atom is -0.444 e. The monoisotopic (exact) mass is 701 g/mol. The number of hydrogen-bond donors (Lipinski definition) is 1. The Morgan fingerprint density at radius 2 is 1.73 bits per heavy atom. The number of hydrogen-bond acceptors (Lipinski definition) is 9. The molecular weight excluding hydrogens is 667 g/mol. The molecule has 1 fully saturated rings. The lowest BCUT2D eigenvalue weighted by atomic mass is 10.2. The number of alkyl halides is 3. The van der Waals surface area contributed by atoms with Gasteiger partial charge in [0.1, 0.15) is 17.8 Å².